The summed E-state index contributed by atoms with van der Waals surface area (Å²) in [5.74, 6) is -1.01. The minimum Gasteiger partial charge on any atom is -0.477 e. The third-order valence-electron chi connectivity index (χ3n) is 3.04. The summed E-state index contributed by atoms with van der Waals surface area (Å²) in [6.45, 7) is 0. The topological polar surface area (TPSA) is 70.9 Å². The van der Waals surface area contributed by atoms with E-state index in [0.717, 1.165) is 20.9 Å². The molecule has 0 saturated heterocycles. The fourth-order valence-electron chi connectivity index (χ4n) is 2.08. The van der Waals surface area contributed by atoms with Crippen molar-refractivity contribution in [1.29, 1.82) is 0 Å². The van der Waals surface area contributed by atoms with E-state index in [2.05, 4.69) is 26.1 Å². The molecule has 6 heteroatoms. The van der Waals surface area contributed by atoms with E-state index in [9.17, 15) is 4.79 Å². The fraction of sp³-hybridized carbons (Fsp3) is 0.0769. The Morgan fingerprint density at radius 1 is 1.42 bits per heavy atom. The molecule has 0 bridgehead atoms. The van der Waals surface area contributed by atoms with Crippen LogP contribution < -0.4 is 0 Å². The van der Waals surface area contributed by atoms with Crippen LogP contribution in [-0.4, -0.2) is 25.8 Å². The first kappa shape index (κ1) is 12.0. The summed E-state index contributed by atoms with van der Waals surface area (Å²) in [4.78, 5) is 10.8. The molecule has 0 atom stereocenters. The van der Waals surface area contributed by atoms with Crippen LogP contribution in [0.5, 0.6) is 0 Å². The standard InChI is InChI=1S/C13H10BrN3O2/c1-17-6-9(14)8-4-7(2-3-12(8)17)10-5-11(13(18)19)16-15-10/h2-6H,1H3,(H,15,16)(H,18,19). The van der Waals surface area contributed by atoms with Crippen molar-refractivity contribution in [3.63, 3.8) is 0 Å². The molecule has 0 unspecified atom stereocenters. The Morgan fingerprint density at radius 2 is 2.21 bits per heavy atom. The average molecular weight is 320 g/mol. The van der Waals surface area contributed by atoms with Gasteiger partial charge in [-0.15, -0.1) is 0 Å². The van der Waals surface area contributed by atoms with Crippen molar-refractivity contribution in [2.45, 2.75) is 0 Å². The minimum atomic E-state index is -1.01. The second-order valence-electron chi connectivity index (χ2n) is 4.29. The van der Waals surface area contributed by atoms with Gasteiger partial charge in [0.15, 0.2) is 0 Å². The Morgan fingerprint density at radius 3 is 2.89 bits per heavy atom. The molecule has 0 radical (unpaired) electrons. The summed E-state index contributed by atoms with van der Waals surface area (Å²) < 4.78 is 3.03. The Balaban J connectivity index is 2.14. The molecule has 0 saturated carbocycles. The number of aromatic carboxylic acids is 1. The maximum Gasteiger partial charge on any atom is 0.353 e. The highest BCUT2D eigenvalue weighted by molar-refractivity contribution is 9.10. The summed E-state index contributed by atoms with van der Waals surface area (Å²) in [6.07, 6.45) is 1.99. The maximum atomic E-state index is 10.8. The van der Waals surface area contributed by atoms with Crippen LogP contribution >= 0.6 is 15.9 Å². The predicted molar refractivity (Wildman–Crippen MR) is 75.2 cm³/mol. The van der Waals surface area contributed by atoms with Gasteiger partial charge in [-0.05, 0) is 34.1 Å². The molecular formula is C13H10BrN3O2. The zero-order valence-corrected chi connectivity index (χ0v) is 11.6. The summed E-state index contributed by atoms with van der Waals surface area (Å²) in [5, 5.41) is 16.5. The van der Waals surface area contributed by atoms with E-state index >= 15 is 0 Å². The van der Waals surface area contributed by atoms with Crippen LogP contribution in [0.25, 0.3) is 22.2 Å². The molecule has 2 aromatic heterocycles. The lowest BCUT2D eigenvalue weighted by Crippen LogP contribution is -1.95. The molecule has 0 aliphatic carbocycles. The highest BCUT2D eigenvalue weighted by Crippen LogP contribution is 2.29. The summed E-state index contributed by atoms with van der Waals surface area (Å²) in [7, 11) is 1.98. The molecule has 5 nitrogen and oxygen atoms in total. The molecular weight excluding hydrogens is 310 g/mol. The lowest BCUT2D eigenvalue weighted by molar-refractivity contribution is 0.0690. The van der Waals surface area contributed by atoms with Gasteiger partial charge in [0, 0.05) is 34.2 Å². The first-order valence-electron chi connectivity index (χ1n) is 5.60. The number of nitrogens with one attached hydrogen (secondary N) is 1. The zero-order chi connectivity index (χ0) is 13.6. The second-order valence-corrected chi connectivity index (χ2v) is 5.15. The fourth-order valence-corrected chi connectivity index (χ4v) is 2.71. The van der Waals surface area contributed by atoms with E-state index < -0.39 is 5.97 Å². The number of carboxylic acid groups (broad SMARTS) is 1. The predicted octanol–water partition coefficient (Wildman–Crippen LogP) is 3.03. The number of H-pyrrole nitrogens is 1. The third kappa shape index (κ3) is 1.94. The Labute approximate surface area is 117 Å². The Hall–Kier alpha value is -2.08. The number of halogens is 1. The van der Waals surface area contributed by atoms with Gasteiger partial charge in [-0.2, -0.15) is 5.10 Å². The molecule has 3 aromatic rings. The smallest absolute Gasteiger partial charge is 0.353 e. The van der Waals surface area contributed by atoms with Gasteiger partial charge in [-0.3, -0.25) is 5.10 Å². The number of aromatic amines is 1. The third-order valence-corrected chi connectivity index (χ3v) is 3.68. The van der Waals surface area contributed by atoms with Crippen molar-refractivity contribution in [3.8, 4) is 11.3 Å². The number of benzene rings is 1. The number of nitrogens with zero attached hydrogens (tertiary/aromatic N) is 2. The SMILES string of the molecule is Cn1cc(Br)c2cc(-c3cc(C(=O)O)[nH]n3)ccc21. The van der Waals surface area contributed by atoms with Gasteiger partial charge >= 0.3 is 5.97 Å². The molecule has 2 heterocycles. The summed E-state index contributed by atoms with van der Waals surface area (Å²) >= 11 is 3.51. The van der Waals surface area contributed by atoms with E-state index in [4.69, 9.17) is 5.11 Å². The van der Waals surface area contributed by atoms with Crippen LogP contribution in [0, 0.1) is 0 Å². The van der Waals surface area contributed by atoms with Crippen LogP contribution in [-0.2, 0) is 7.05 Å². The van der Waals surface area contributed by atoms with E-state index in [1.165, 1.54) is 6.07 Å². The van der Waals surface area contributed by atoms with Crippen molar-refractivity contribution < 1.29 is 9.90 Å². The quantitative estimate of drug-likeness (QED) is 0.762. The highest BCUT2D eigenvalue weighted by Gasteiger charge is 2.11. The van der Waals surface area contributed by atoms with Crippen molar-refractivity contribution in [2.24, 2.45) is 7.05 Å². The van der Waals surface area contributed by atoms with Gasteiger partial charge in [-0.1, -0.05) is 6.07 Å². The lowest BCUT2D eigenvalue weighted by Gasteiger charge is -1.99. The number of aryl methyl sites for hydroxylation is 1. The molecule has 0 aliphatic heterocycles. The van der Waals surface area contributed by atoms with Crippen molar-refractivity contribution in [1.82, 2.24) is 14.8 Å². The van der Waals surface area contributed by atoms with Crippen LogP contribution in [0.1, 0.15) is 10.5 Å². The van der Waals surface area contributed by atoms with Gasteiger partial charge < -0.3 is 9.67 Å². The molecule has 1 aromatic carbocycles. The first-order valence-corrected chi connectivity index (χ1v) is 6.39. The number of aromatic nitrogens is 3. The zero-order valence-electron chi connectivity index (χ0n) is 10.0. The van der Waals surface area contributed by atoms with E-state index in [0.29, 0.717) is 5.69 Å². The van der Waals surface area contributed by atoms with Crippen molar-refractivity contribution >= 4 is 32.8 Å². The number of rotatable bonds is 2. The molecule has 3 rings (SSSR count). The van der Waals surface area contributed by atoms with Crippen LogP contribution in [0.4, 0.5) is 0 Å². The molecule has 2 N–H and O–H groups in total. The van der Waals surface area contributed by atoms with E-state index in [-0.39, 0.29) is 5.69 Å². The van der Waals surface area contributed by atoms with E-state index in [1.807, 2.05) is 36.0 Å². The van der Waals surface area contributed by atoms with Gasteiger partial charge in [0.2, 0.25) is 0 Å². The van der Waals surface area contributed by atoms with Crippen LogP contribution in [0.3, 0.4) is 0 Å². The van der Waals surface area contributed by atoms with Crippen molar-refractivity contribution in [2.75, 3.05) is 0 Å². The molecule has 19 heavy (non-hydrogen) atoms. The molecule has 0 spiro atoms. The minimum absolute atomic E-state index is 0.0854. The van der Waals surface area contributed by atoms with Gasteiger partial charge in [-0.25, -0.2) is 4.79 Å². The number of carboxylic acids is 1. The normalized spacial score (nSPS) is 11.1. The molecule has 0 fully saturated rings. The molecule has 0 amide bonds. The molecule has 0 aliphatic rings. The first-order chi connectivity index (χ1) is 9.06. The number of hydrogen-bond donors (Lipinski definition) is 2. The van der Waals surface area contributed by atoms with Gasteiger partial charge in [0.05, 0.1) is 5.69 Å². The Bertz CT molecular complexity index is 788. The van der Waals surface area contributed by atoms with Gasteiger partial charge in [0.1, 0.15) is 5.69 Å². The van der Waals surface area contributed by atoms with Crippen molar-refractivity contribution in [3.05, 3.63) is 40.6 Å². The average Bonchev–Trinajstić information content (AvgIpc) is 2.96. The number of fused-ring (bicyclic) bond motifs is 1. The van der Waals surface area contributed by atoms with Crippen LogP contribution in [0.15, 0.2) is 34.9 Å². The summed E-state index contributed by atoms with van der Waals surface area (Å²) in [6, 6.07) is 7.43. The number of carbonyl (C=O) groups is 1. The van der Waals surface area contributed by atoms with Crippen LogP contribution in [0.2, 0.25) is 0 Å². The Kier molecular flexibility index (Phi) is 2.67. The number of hydrogen-bond acceptors (Lipinski definition) is 2. The lowest BCUT2D eigenvalue weighted by atomic mass is 10.1. The largest absolute Gasteiger partial charge is 0.477 e. The van der Waals surface area contributed by atoms with Gasteiger partial charge in [0.25, 0.3) is 0 Å². The molecule has 96 valence electrons. The monoisotopic (exact) mass is 319 g/mol. The van der Waals surface area contributed by atoms with E-state index in [1.54, 1.807) is 0 Å². The second kappa shape index (κ2) is 4.24. The maximum absolute atomic E-state index is 10.8. The summed E-state index contributed by atoms with van der Waals surface area (Å²) in [5.41, 5.74) is 2.69. The highest BCUT2D eigenvalue weighted by atomic mass is 79.9.